The second-order valence-electron chi connectivity index (χ2n) is 5.76. The van der Waals surface area contributed by atoms with E-state index in [4.69, 9.17) is 4.74 Å². The molecule has 0 spiro atoms. The second kappa shape index (κ2) is 8.41. The number of anilines is 1. The summed E-state index contributed by atoms with van der Waals surface area (Å²) in [4.78, 5) is 16.5. The van der Waals surface area contributed by atoms with Crippen LogP contribution < -0.4 is 10.1 Å². The van der Waals surface area contributed by atoms with Crippen molar-refractivity contribution in [2.45, 2.75) is 0 Å². The highest BCUT2D eigenvalue weighted by Crippen LogP contribution is 2.30. The van der Waals surface area contributed by atoms with E-state index in [2.05, 4.69) is 10.3 Å². The molecule has 0 atom stereocenters. The average Bonchev–Trinajstić information content (AvgIpc) is 3.16. The Hall–Kier alpha value is -3.90. The van der Waals surface area contributed by atoms with Crippen LogP contribution in [0.25, 0.3) is 17.3 Å². The Morgan fingerprint density at radius 3 is 2.72 bits per heavy atom. The zero-order chi connectivity index (χ0) is 21.0. The van der Waals surface area contributed by atoms with Crippen LogP contribution in [-0.4, -0.2) is 28.2 Å². The van der Waals surface area contributed by atoms with E-state index in [1.54, 1.807) is 17.5 Å². The van der Waals surface area contributed by atoms with Gasteiger partial charge < -0.3 is 14.9 Å². The van der Waals surface area contributed by atoms with E-state index in [9.17, 15) is 24.7 Å². The number of nitrogens with zero attached hydrogens (tertiary/aromatic N) is 2. The van der Waals surface area contributed by atoms with Gasteiger partial charge in [0, 0.05) is 17.0 Å². The fraction of sp³-hybridized carbons (Fsp3) is 0.0500. The molecule has 0 unspecified atom stereocenters. The number of rotatable bonds is 5. The molecule has 3 rings (SSSR count). The van der Waals surface area contributed by atoms with Crippen LogP contribution >= 0.6 is 11.3 Å². The summed E-state index contributed by atoms with van der Waals surface area (Å²) in [6, 6.07) is 10.0. The molecular formula is C20H14FN3O4S. The largest absolute Gasteiger partial charge is 0.504 e. The Labute approximate surface area is 169 Å². The van der Waals surface area contributed by atoms with Crippen LogP contribution in [0, 0.1) is 17.1 Å². The third-order valence-electron chi connectivity index (χ3n) is 3.85. The van der Waals surface area contributed by atoms with Crippen molar-refractivity contribution in [3.05, 3.63) is 58.7 Å². The summed E-state index contributed by atoms with van der Waals surface area (Å²) >= 11 is 1.08. The highest BCUT2D eigenvalue weighted by Gasteiger charge is 2.15. The minimum atomic E-state index is -0.712. The number of ether oxygens (including phenoxy) is 1. The van der Waals surface area contributed by atoms with Gasteiger partial charge in [-0.15, -0.1) is 11.3 Å². The quantitative estimate of drug-likeness (QED) is 0.333. The fourth-order valence-electron chi connectivity index (χ4n) is 2.40. The number of carbonyl (C=O) groups is 1. The van der Waals surface area contributed by atoms with E-state index < -0.39 is 11.7 Å². The Kier molecular flexibility index (Phi) is 5.76. The van der Waals surface area contributed by atoms with Crippen molar-refractivity contribution in [2.24, 2.45) is 0 Å². The number of nitrogens with one attached hydrogen (secondary N) is 1. The molecule has 0 saturated heterocycles. The van der Waals surface area contributed by atoms with Crippen LogP contribution in [0.15, 0.2) is 47.4 Å². The zero-order valence-electron chi connectivity index (χ0n) is 15.0. The summed E-state index contributed by atoms with van der Waals surface area (Å²) in [5.41, 5.74) is 0.698. The molecule has 0 aliphatic heterocycles. The number of aromatic nitrogens is 1. The van der Waals surface area contributed by atoms with Crippen LogP contribution in [0.1, 0.15) is 5.56 Å². The number of phenolic OH excluding ortho intramolecular Hbond substituents is 2. The van der Waals surface area contributed by atoms with Crippen LogP contribution in [0.3, 0.4) is 0 Å². The minimum absolute atomic E-state index is 0.190. The van der Waals surface area contributed by atoms with Gasteiger partial charge in [0.25, 0.3) is 5.91 Å². The summed E-state index contributed by atoms with van der Waals surface area (Å²) in [6.07, 6.45) is 1.26. The van der Waals surface area contributed by atoms with Crippen LogP contribution in [-0.2, 0) is 4.79 Å². The standard InChI is InChI=1S/C20H14FN3O4S/c1-28-13-3-4-14(15(21)8-13)16-10-29-20(23-16)24-19(27)12(9-22)6-11-2-5-17(25)18(26)7-11/h2-8,10,25-26H,1H3,(H,23,24,27)/b12-6+. The van der Waals surface area contributed by atoms with Crippen LogP contribution in [0.5, 0.6) is 17.2 Å². The number of thiazole rings is 1. The second-order valence-corrected chi connectivity index (χ2v) is 6.61. The molecule has 1 heterocycles. The first-order valence-corrected chi connectivity index (χ1v) is 9.04. The molecule has 2 aromatic carbocycles. The maximum Gasteiger partial charge on any atom is 0.268 e. The maximum absolute atomic E-state index is 14.2. The molecule has 0 fully saturated rings. The molecule has 9 heteroatoms. The van der Waals surface area contributed by atoms with E-state index in [1.165, 1.54) is 43.5 Å². The lowest BCUT2D eigenvalue weighted by molar-refractivity contribution is -0.112. The van der Waals surface area contributed by atoms with Gasteiger partial charge in [0.2, 0.25) is 0 Å². The fourth-order valence-corrected chi connectivity index (χ4v) is 3.10. The molecule has 0 bridgehead atoms. The smallest absolute Gasteiger partial charge is 0.268 e. The molecule has 146 valence electrons. The summed E-state index contributed by atoms with van der Waals surface area (Å²) < 4.78 is 19.2. The Bertz CT molecular complexity index is 1150. The lowest BCUT2D eigenvalue weighted by atomic mass is 10.1. The van der Waals surface area contributed by atoms with Crippen molar-refractivity contribution in [3.63, 3.8) is 0 Å². The summed E-state index contributed by atoms with van der Waals surface area (Å²) in [7, 11) is 1.44. The van der Waals surface area contributed by atoms with Gasteiger partial charge >= 0.3 is 0 Å². The van der Waals surface area contributed by atoms with Crippen LogP contribution in [0.2, 0.25) is 0 Å². The van der Waals surface area contributed by atoms with Gasteiger partial charge in [0.1, 0.15) is 23.2 Å². The number of phenols is 2. The molecule has 0 aliphatic carbocycles. The van der Waals surface area contributed by atoms with Crippen molar-refractivity contribution in [1.29, 1.82) is 5.26 Å². The summed E-state index contributed by atoms with van der Waals surface area (Å²) in [5, 5.41) is 32.4. The van der Waals surface area contributed by atoms with Gasteiger partial charge in [-0.2, -0.15) is 5.26 Å². The van der Waals surface area contributed by atoms with Gasteiger partial charge in [-0.3, -0.25) is 10.1 Å². The van der Waals surface area contributed by atoms with Crippen molar-refractivity contribution in [1.82, 2.24) is 4.98 Å². The highest BCUT2D eigenvalue weighted by molar-refractivity contribution is 7.14. The minimum Gasteiger partial charge on any atom is -0.504 e. The molecule has 1 amide bonds. The van der Waals surface area contributed by atoms with Crippen molar-refractivity contribution < 1.29 is 24.1 Å². The summed E-state index contributed by atoms with van der Waals surface area (Å²) in [6.45, 7) is 0. The maximum atomic E-state index is 14.2. The number of nitriles is 1. The van der Waals surface area contributed by atoms with E-state index in [-0.39, 0.29) is 27.8 Å². The first-order valence-electron chi connectivity index (χ1n) is 8.16. The number of carbonyl (C=O) groups excluding carboxylic acids is 1. The lowest BCUT2D eigenvalue weighted by Gasteiger charge is -2.03. The van der Waals surface area contributed by atoms with E-state index >= 15 is 0 Å². The first kappa shape index (κ1) is 19.9. The number of methoxy groups -OCH3 is 1. The molecule has 1 aromatic heterocycles. The molecule has 29 heavy (non-hydrogen) atoms. The normalized spacial score (nSPS) is 11.0. The van der Waals surface area contributed by atoms with Gasteiger partial charge in [-0.25, -0.2) is 9.37 Å². The summed E-state index contributed by atoms with van der Waals surface area (Å²) in [5.74, 6) is -1.54. The molecule has 3 N–H and O–H groups in total. The zero-order valence-corrected chi connectivity index (χ0v) is 15.8. The number of aromatic hydroxyl groups is 2. The molecular weight excluding hydrogens is 397 g/mol. The van der Waals surface area contributed by atoms with E-state index in [0.717, 1.165) is 11.3 Å². The van der Waals surface area contributed by atoms with Gasteiger partial charge in [0.05, 0.1) is 12.8 Å². The van der Waals surface area contributed by atoms with Crippen molar-refractivity contribution >= 4 is 28.5 Å². The topological polar surface area (TPSA) is 115 Å². The number of hydrogen-bond acceptors (Lipinski definition) is 7. The van der Waals surface area contributed by atoms with Crippen LogP contribution in [0.4, 0.5) is 9.52 Å². The highest BCUT2D eigenvalue weighted by atomic mass is 32.1. The van der Waals surface area contributed by atoms with Crippen molar-refractivity contribution in [2.75, 3.05) is 12.4 Å². The average molecular weight is 411 g/mol. The monoisotopic (exact) mass is 411 g/mol. The predicted octanol–water partition coefficient (Wildman–Crippen LogP) is 3.91. The lowest BCUT2D eigenvalue weighted by Crippen LogP contribution is -2.13. The van der Waals surface area contributed by atoms with Gasteiger partial charge in [-0.1, -0.05) is 6.07 Å². The Balaban J connectivity index is 1.79. The Morgan fingerprint density at radius 1 is 1.28 bits per heavy atom. The molecule has 0 saturated carbocycles. The number of benzene rings is 2. The Morgan fingerprint density at radius 2 is 2.07 bits per heavy atom. The first-order chi connectivity index (χ1) is 13.9. The van der Waals surface area contributed by atoms with E-state index in [0.29, 0.717) is 17.0 Å². The molecule has 0 aliphatic rings. The third-order valence-corrected chi connectivity index (χ3v) is 4.61. The van der Waals surface area contributed by atoms with Gasteiger partial charge in [0.15, 0.2) is 16.6 Å². The predicted molar refractivity (Wildman–Crippen MR) is 106 cm³/mol. The number of halogens is 1. The molecule has 0 radical (unpaired) electrons. The molecule has 7 nitrogen and oxygen atoms in total. The van der Waals surface area contributed by atoms with E-state index in [1.807, 2.05) is 0 Å². The van der Waals surface area contributed by atoms with Crippen molar-refractivity contribution in [3.8, 4) is 34.6 Å². The molecule has 3 aromatic rings. The number of amides is 1. The number of hydrogen-bond donors (Lipinski definition) is 3. The SMILES string of the molecule is COc1ccc(-c2csc(NC(=O)/C(C#N)=C/c3ccc(O)c(O)c3)n2)c(F)c1. The third kappa shape index (κ3) is 4.51. The van der Waals surface area contributed by atoms with Gasteiger partial charge in [-0.05, 0) is 35.9 Å².